The molecule has 0 aliphatic rings. The maximum atomic E-state index is 11.8. The number of H-pyrrole nitrogens is 2. The number of benzene rings is 1. The van der Waals surface area contributed by atoms with Gasteiger partial charge in [-0.05, 0) is 0 Å². The van der Waals surface area contributed by atoms with Crippen molar-refractivity contribution < 1.29 is 48.3 Å². The number of ketones is 1. The number of rotatable bonds is 3. The summed E-state index contributed by atoms with van der Waals surface area (Å²) in [5, 5.41) is 0. The van der Waals surface area contributed by atoms with Gasteiger partial charge in [-0.2, -0.15) is 0 Å². The minimum absolute atomic E-state index is 0. The van der Waals surface area contributed by atoms with Crippen LogP contribution in [0.2, 0.25) is 0 Å². The van der Waals surface area contributed by atoms with Gasteiger partial charge in [0.05, 0.1) is 7.05 Å². The monoisotopic (exact) mass is 428 g/mol. The third kappa shape index (κ3) is 6.82. The molecule has 3 aromatic rings. The summed E-state index contributed by atoms with van der Waals surface area (Å²) >= 11 is 0. The predicted molar refractivity (Wildman–Crippen MR) is 73.7 cm³/mol. The molecular weight excluding hydrogens is 412 g/mol. The molecular formula is C15H18Br2N4O. The number of hydrogen-bond acceptors (Lipinski definition) is 1. The number of nitrogens with zero attached hydrogens (tertiary/aromatic N) is 2. The maximum Gasteiger partial charge on any atom is 0.243 e. The number of halogens is 2. The highest BCUT2D eigenvalue weighted by atomic mass is 79.9. The first-order chi connectivity index (χ1) is 9.75. The minimum atomic E-state index is 0. The van der Waals surface area contributed by atoms with Gasteiger partial charge in [0, 0.05) is 5.56 Å². The molecule has 0 aliphatic carbocycles. The van der Waals surface area contributed by atoms with Gasteiger partial charge >= 0.3 is 0 Å². The first-order valence-corrected chi connectivity index (χ1v) is 6.34. The van der Waals surface area contributed by atoms with Gasteiger partial charge in [-0.25, -0.2) is 9.13 Å². The summed E-state index contributed by atoms with van der Waals surface area (Å²) in [6, 6.07) is 9.34. The average molecular weight is 430 g/mol. The molecule has 0 radical (unpaired) electrons. The number of aromatic nitrogens is 4. The van der Waals surface area contributed by atoms with E-state index in [1.54, 1.807) is 6.33 Å². The van der Waals surface area contributed by atoms with Gasteiger partial charge in [0.15, 0.2) is 6.54 Å². The summed E-state index contributed by atoms with van der Waals surface area (Å²) in [6.07, 6.45) is 11.1. The topological polar surface area (TPSA) is 55.8 Å². The Kier molecular flexibility index (Phi) is 10.1. The normalized spacial score (nSPS) is 8.77. The van der Waals surface area contributed by atoms with Crippen LogP contribution >= 0.6 is 0 Å². The number of imidazole rings is 2. The molecule has 0 unspecified atom stereocenters. The van der Waals surface area contributed by atoms with Crippen molar-refractivity contribution in [3.05, 3.63) is 73.3 Å². The van der Waals surface area contributed by atoms with Crippen molar-refractivity contribution in [2.45, 2.75) is 6.54 Å². The molecule has 2 heterocycles. The second kappa shape index (κ2) is 10.9. The van der Waals surface area contributed by atoms with E-state index in [-0.39, 0.29) is 39.7 Å². The zero-order valence-electron chi connectivity index (χ0n) is 12.1. The molecule has 0 fully saturated rings. The van der Waals surface area contributed by atoms with E-state index < -0.39 is 0 Å². The molecule has 2 aromatic heterocycles. The number of carbonyl (C=O) groups excluding carboxylic acids is 1. The summed E-state index contributed by atoms with van der Waals surface area (Å²) in [5.41, 5.74) is 0.758. The van der Waals surface area contributed by atoms with Crippen LogP contribution in [0.4, 0.5) is 0 Å². The molecule has 118 valence electrons. The minimum Gasteiger partial charge on any atom is -1.00 e. The summed E-state index contributed by atoms with van der Waals surface area (Å²) in [6.45, 7) is 0.394. The molecule has 3 rings (SSSR count). The maximum absolute atomic E-state index is 11.8. The van der Waals surface area contributed by atoms with Crippen molar-refractivity contribution in [3.63, 3.8) is 0 Å². The summed E-state index contributed by atoms with van der Waals surface area (Å²) in [5.74, 6) is 0.131. The van der Waals surface area contributed by atoms with E-state index in [0.29, 0.717) is 6.54 Å². The molecule has 0 aliphatic heterocycles. The Morgan fingerprint density at radius 2 is 2.00 bits per heavy atom. The molecule has 0 saturated carbocycles. The van der Waals surface area contributed by atoms with Crippen molar-refractivity contribution >= 4 is 5.78 Å². The fraction of sp³-hybridized carbons (Fsp3) is 0.133. The summed E-state index contributed by atoms with van der Waals surface area (Å²) in [7, 11) is 1.93. The highest BCUT2D eigenvalue weighted by Gasteiger charge is 2.09. The number of nitrogens with one attached hydrogen (secondary N) is 2. The van der Waals surface area contributed by atoms with Crippen LogP contribution in [0.1, 0.15) is 10.4 Å². The highest BCUT2D eigenvalue weighted by Crippen LogP contribution is 2.01. The number of carbonyl (C=O) groups is 1. The fourth-order valence-electron chi connectivity index (χ4n) is 1.72. The van der Waals surface area contributed by atoms with Crippen LogP contribution in [-0.4, -0.2) is 15.3 Å². The Labute approximate surface area is 150 Å². The van der Waals surface area contributed by atoms with E-state index in [4.69, 9.17) is 0 Å². The van der Waals surface area contributed by atoms with Crippen LogP contribution in [0, 0.1) is 0 Å². The van der Waals surface area contributed by atoms with Crippen LogP contribution < -0.4 is 43.5 Å². The standard InChI is InChI=1S/C12H13N2O.C3H4N2.2BrH/c1-13-7-8-14(10-13)9-12(15)11-5-3-2-4-6-11;1-2-5-3-4-1;;/h2-8,10H,9H2,1H3;1-3H,(H,4,5);2*1H/q+1;;;/p-1. The van der Waals surface area contributed by atoms with E-state index in [0.717, 1.165) is 5.56 Å². The molecule has 0 spiro atoms. The zero-order chi connectivity index (χ0) is 14.2. The second-order valence-electron chi connectivity index (χ2n) is 4.35. The molecule has 0 bridgehead atoms. The van der Waals surface area contributed by atoms with Crippen molar-refractivity contribution in [2.75, 3.05) is 0 Å². The van der Waals surface area contributed by atoms with Crippen molar-refractivity contribution in [3.8, 4) is 0 Å². The largest absolute Gasteiger partial charge is 1.00 e. The molecule has 5 nitrogen and oxygen atoms in total. The van der Waals surface area contributed by atoms with Gasteiger partial charge in [-0.1, -0.05) is 30.3 Å². The number of aryl methyl sites for hydroxylation is 1. The lowest BCUT2D eigenvalue weighted by molar-refractivity contribution is -0.671. The summed E-state index contributed by atoms with van der Waals surface area (Å²) < 4.78 is 3.79. The van der Waals surface area contributed by atoms with Gasteiger partial charge < -0.3 is 34.0 Å². The number of Topliss-reactive ketones (excluding diaryl/α,β-unsaturated/α-hetero) is 1. The highest BCUT2D eigenvalue weighted by molar-refractivity contribution is 5.95. The molecule has 7 heteroatoms. The van der Waals surface area contributed by atoms with Gasteiger partial charge in [0.1, 0.15) is 24.8 Å². The van der Waals surface area contributed by atoms with Gasteiger partial charge in [0.2, 0.25) is 18.4 Å². The third-order valence-corrected chi connectivity index (χ3v) is 2.69. The first kappa shape index (κ1) is 20.3. The van der Waals surface area contributed by atoms with Gasteiger partial charge in [-0.15, -0.1) is 0 Å². The van der Waals surface area contributed by atoms with E-state index in [9.17, 15) is 4.79 Å². The number of aromatic amines is 2. The Morgan fingerprint density at radius 1 is 1.27 bits per heavy atom. The quantitative estimate of drug-likeness (QED) is 0.329. The lowest BCUT2D eigenvalue weighted by atomic mass is 10.1. The van der Waals surface area contributed by atoms with Crippen LogP contribution in [0.15, 0.2) is 67.8 Å². The van der Waals surface area contributed by atoms with E-state index in [1.165, 1.54) is 0 Å². The van der Waals surface area contributed by atoms with Gasteiger partial charge in [-0.3, -0.25) is 14.8 Å². The average Bonchev–Trinajstić information content (AvgIpc) is 3.15. The Hall–Kier alpha value is -1.73. The van der Waals surface area contributed by atoms with E-state index in [2.05, 4.69) is 9.97 Å². The summed E-state index contributed by atoms with van der Waals surface area (Å²) in [4.78, 5) is 17.4. The molecule has 0 amide bonds. The lowest BCUT2D eigenvalue weighted by Gasteiger charge is -1.96. The van der Waals surface area contributed by atoms with Crippen LogP contribution in [0.3, 0.4) is 0 Å². The Bertz CT molecular complexity index is 621. The fourth-order valence-corrected chi connectivity index (χ4v) is 1.72. The first-order valence-electron chi connectivity index (χ1n) is 6.34. The smallest absolute Gasteiger partial charge is 0.243 e. The Morgan fingerprint density at radius 3 is 2.45 bits per heavy atom. The SMILES string of the molecule is C[n+]1ccn(CC(=O)c2ccccc2)c1.[Br-].[Br-].c1c[nH+]c[nH]1. The predicted octanol–water partition coefficient (Wildman–Crippen LogP) is -4.97. The van der Waals surface area contributed by atoms with E-state index in [1.807, 2.05) is 77.6 Å². The number of hydrogen-bond donors (Lipinski definition) is 1. The van der Waals surface area contributed by atoms with E-state index >= 15 is 0 Å². The Balaban J connectivity index is 0.000000542. The molecule has 0 saturated heterocycles. The van der Waals surface area contributed by atoms with Crippen LogP contribution in [-0.2, 0) is 13.6 Å². The molecule has 22 heavy (non-hydrogen) atoms. The van der Waals surface area contributed by atoms with Crippen molar-refractivity contribution in [2.24, 2.45) is 7.05 Å². The third-order valence-electron chi connectivity index (χ3n) is 2.69. The van der Waals surface area contributed by atoms with Gasteiger partial charge in [0.25, 0.3) is 0 Å². The van der Waals surface area contributed by atoms with Crippen LogP contribution in [0.5, 0.6) is 0 Å². The molecule has 2 N–H and O–H groups in total. The van der Waals surface area contributed by atoms with Crippen molar-refractivity contribution in [1.82, 2.24) is 9.55 Å². The molecule has 0 atom stereocenters. The van der Waals surface area contributed by atoms with Crippen molar-refractivity contribution in [1.29, 1.82) is 0 Å². The van der Waals surface area contributed by atoms with Crippen LogP contribution in [0.25, 0.3) is 0 Å². The zero-order valence-corrected chi connectivity index (χ0v) is 15.3. The molecule has 1 aromatic carbocycles. The second-order valence-corrected chi connectivity index (χ2v) is 4.35. The lowest BCUT2D eigenvalue weighted by Crippen LogP contribution is -3.00.